The number of hydrogen-bond donors (Lipinski definition) is 0. The molecule has 1 amide bonds. The summed E-state index contributed by atoms with van der Waals surface area (Å²) in [5, 5.41) is 0. The van der Waals surface area contributed by atoms with E-state index in [1.165, 1.54) is 11.8 Å². The molecule has 0 radical (unpaired) electrons. The first kappa shape index (κ1) is 10.5. The van der Waals surface area contributed by atoms with E-state index in [-0.39, 0.29) is 5.91 Å². The summed E-state index contributed by atoms with van der Waals surface area (Å²) in [5.74, 6) is 0.0196. The van der Waals surface area contributed by atoms with Gasteiger partial charge in [-0.1, -0.05) is 24.0 Å². The highest BCUT2D eigenvalue weighted by molar-refractivity contribution is 8.26. The molecule has 0 saturated carbocycles. The zero-order valence-corrected chi connectivity index (χ0v) is 9.54. The summed E-state index contributed by atoms with van der Waals surface area (Å²) in [4.78, 5) is 15.8. The Hall–Kier alpha value is -0.550. The van der Waals surface area contributed by atoms with E-state index in [2.05, 4.69) is 0 Å². The van der Waals surface area contributed by atoms with E-state index in [0.29, 0.717) is 15.8 Å². The fourth-order valence-electron chi connectivity index (χ4n) is 0.998. The van der Waals surface area contributed by atoms with Crippen LogP contribution in [0.1, 0.15) is 6.92 Å². The lowest BCUT2D eigenvalue weighted by atomic mass is 10.5. The van der Waals surface area contributed by atoms with Crippen molar-refractivity contribution >= 4 is 34.2 Å². The normalized spacial score (nSPS) is 20.2. The Labute approximate surface area is 87.8 Å². The van der Waals surface area contributed by atoms with Crippen LogP contribution >= 0.6 is 24.0 Å². The quantitative estimate of drug-likeness (QED) is 0.512. The molecule has 1 saturated heterocycles. The fourth-order valence-corrected chi connectivity index (χ4v) is 2.45. The smallest absolute Gasteiger partial charge is 0.267 e. The van der Waals surface area contributed by atoms with E-state index < -0.39 is 0 Å². The second-order valence-electron chi connectivity index (χ2n) is 2.87. The number of thioether (sulfide) groups is 1. The van der Waals surface area contributed by atoms with Gasteiger partial charge in [0.05, 0.1) is 4.91 Å². The first-order valence-electron chi connectivity index (χ1n) is 3.98. The van der Waals surface area contributed by atoms with Gasteiger partial charge in [-0.2, -0.15) is 0 Å². The summed E-state index contributed by atoms with van der Waals surface area (Å²) in [6.07, 6.45) is 1.80. The molecule has 13 heavy (non-hydrogen) atoms. The monoisotopic (exact) mass is 216 g/mol. The van der Waals surface area contributed by atoms with Gasteiger partial charge in [0, 0.05) is 26.8 Å². The minimum Gasteiger partial charge on any atom is -0.382 e. The van der Waals surface area contributed by atoms with Crippen LogP contribution in [0, 0.1) is 0 Å². The van der Waals surface area contributed by atoms with Gasteiger partial charge >= 0.3 is 0 Å². The minimum atomic E-state index is 0.0196. The summed E-state index contributed by atoms with van der Waals surface area (Å²) >= 11 is 6.42. The van der Waals surface area contributed by atoms with Crippen LogP contribution in [0.15, 0.2) is 11.1 Å². The third-order valence-corrected chi connectivity index (χ3v) is 2.93. The number of likely N-dealkylation sites (N-methyl/N-ethyl adjacent to an activating group) is 1. The molecular weight excluding hydrogens is 204 g/mol. The lowest BCUT2D eigenvalue weighted by Gasteiger charge is -2.10. The van der Waals surface area contributed by atoms with Crippen molar-refractivity contribution in [1.82, 2.24) is 9.80 Å². The maximum atomic E-state index is 11.6. The first-order valence-corrected chi connectivity index (χ1v) is 5.20. The van der Waals surface area contributed by atoms with Gasteiger partial charge in [-0.25, -0.2) is 0 Å². The molecule has 1 rings (SSSR count). The molecule has 72 valence electrons. The number of hydrogen-bond acceptors (Lipinski definition) is 4. The second-order valence-corrected chi connectivity index (χ2v) is 4.55. The lowest BCUT2D eigenvalue weighted by molar-refractivity contribution is -0.122. The molecule has 3 nitrogen and oxygen atoms in total. The van der Waals surface area contributed by atoms with Crippen molar-refractivity contribution in [1.29, 1.82) is 0 Å². The number of rotatable bonds is 2. The minimum absolute atomic E-state index is 0.0196. The maximum Gasteiger partial charge on any atom is 0.267 e. The second kappa shape index (κ2) is 4.11. The fraction of sp³-hybridized carbons (Fsp3) is 0.500. The van der Waals surface area contributed by atoms with Crippen LogP contribution in [-0.4, -0.2) is 40.7 Å². The first-order chi connectivity index (χ1) is 6.06. The lowest BCUT2D eigenvalue weighted by Crippen LogP contribution is -2.27. The average molecular weight is 216 g/mol. The highest BCUT2D eigenvalue weighted by Gasteiger charge is 2.30. The summed E-state index contributed by atoms with van der Waals surface area (Å²) in [5.41, 5.74) is 0. The molecule has 0 spiro atoms. The van der Waals surface area contributed by atoms with Gasteiger partial charge < -0.3 is 4.90 Å². The van der Waals surface area contributed by atoms with Crippen molar-refractivity contribution in [2.24, 2.45) is 0 Å². The number of carbonyl (C=O) groups excluding carboxylic acids is 1. The van der Waals surface area contributed by atoms with Crippen LogP contribution in [0.4, 0.5) is 0 Å². The van der Waals surface area contributed by atoms with Gasteiger partial charge in [0.1, 0.15) is 4.32 Å². The molecule has 1 aliphatic rings. The molecule has 1 heterocycles. The number of carbonyl (C=O) groups is 1. The molecule has 0 atom stereocenters. The molecule has 0 unspecified atom stereocenters. The number of nitrogens with zero attached hydrogens (tertiary/aromatic N) is 2. The largest absolute Gasteiger partial charge is 0.382 e. The van der Waals surface area contributed by atoms with Crippen molar-refractivity contribution < 1.29 is 4.79 Å². The Kier molecular flexibility index (Phi) is 3.33. The van der Waals surface area contributed by atoms with Crippen LogP contribution in [0.5, 0.6) is 0 Å². The third-order valence-electron chi connectivity index (χ3n) is 1.57. The summed E-state index contributed by atoms with van der Waals surface area (Å²) in [7, 11) is 3.77. The molecule has 1 aliphatic heterocycles. The van der Waals surface area contributed by atoms with Crippen molar-refractivity contribution in [3.05, 3.63) is 11.1 Å². The van der Waals surface area contributed by atoms with E-state index >= 15 is 0 Å². The van der Waals surface area contributed by atoms with E-state index in [0.717, 1.165) is 0 Å². The van der Waals surface area contributed by atoms with Gasteiger partial charge in [0.2, 0.25) is 0 Å². The Balaban J connectivity index is 2.85. The molecule has 0 aliphatic carbocycles. The van der Waals surface area contributed by atoms with Gasteiger partial charge in [0.15, 0.2) is 0 Å². The predicted molar refractivity (Wildman–Crippen MR) is 59.3 cm³/mol. The standard InChI is InChI=1S/C8H12N2OS2/c1-4-10-7(11)6(5-9(2)3)13-8(10)12/h5H,4H2,1-3H3. The third kappa shape index (κ3) is 2.22. The molecule has 1 fully saturated rings. The molecule has 0 aromatic rings. The van der Waals surface area contributed by atoms with Crippen LogP contribution in [0.2, 0.25) is 0 Å². The van der Waals surface area contributed by atoms with Crippen molar-refractivity contribution in [3.63, 3.8) is 0 Å². The maximum absolute atomic E-state index is 11.6. The zero-order valence-electron chi connectivity index (χ0n) is 7.90. The van der Waals surface area contributed by atoms with Gasteiger partial charge in [-0.15, -0.1) is 0 Å². The van der Waals surface area contributed by atoms with Gasteiger partial charge in [-0.05, 0) is 6.92 Å². The number of thiocarbonyl (C=S) groups is 1. The van der Waals surface area contributed by atoms with E-state index in [1.54, 1.807) is 11.1 Å². The molecule has 5 heteroatoms. The summed E-state index contributed by atoms with van der Waals surface area (Å²) < 4.78 is 0.653. The van der Waals surface area contributed by atoms with Crippen LogP contribution in [-0.2, 0) is 4.79 Å². The molecule has 0 bridgehead atoms. The van der Waals surface area contributed by atoms with Crippen LogP contribution < -0.4 is 0 Å². The zero-order chi connectivity index (χ0) is 10.0. The Morgan fingerprint density at radius 1 is 1.62 bits per heavy atom. The molecular formula is C8H12N2OS2. The number of amides is 1. The van der Waals surface area contributed by atoms with Crippen molar-refractivity contribution in [3.8, 4) is 0 Å². The Morgan fingerprint density at radius 2 is 2.23 bits per heavy atom. The van der Waals surface area contributed by atoms with E-state index in [9.17, 15) is 4.79 Å². The SMILES string of the molecule is CCN1C(=O)C(=CN(C)C)SC1=S. The van der Waals surface area contributed by atoms with Crippen LogP contribution in [0.3, 0.4) is 0 Å². The predicted octanol–water partition coefficient (Wildman–Crippen LogP) is 1.27. The molecule has 0 N–H and O–H groups in total. The average Bonchev–Trinajstić information content (AvgIpc) is 2.26. The van der Waals surface area contributed by atoms with Crippen molar-refractivity contribution in [2.75, 3.05) is 20.6 Å². The Morgan fingerprint density at radius 3 is 2.62 bits per heavy atom. The van der Waals surface area contributed by atoms with Crippen molar-refractivity contribution in [2.45, 2.75) is 6.92 Å². The van der Waals surface area contributed by atoms with E-state index in [1.807, 2.05) is 25.9 Å². The Bertz CT molecular complexity index is 273. The topological polar surface area (TPSA) is 23.6 Å². The molecule has 0 aromatic carbocycles. The van der Waals surface area contributed by atoms with E-state index in [4.69, 9.17) is 12.2 Å². The van der Waals surface area contributed by atoms with Gasteiger partial charge in [-0.3, -0.25) is 9.69 Å². The summed E-state index contributed by atoms with van der Waals surface area (Å²) in [6.45, 7) is 2.57. The highest BCUT2D eigenvalue weighted by atomic mass is 32.2. The summed E-state index contributed by atoms with van der Waals surface area (Å²) in [6, 6.07) is 0. The highest BCUT2D eigenvalue weighted by Crippen LogP contribution is 2.30. The molecule has 0 aromatic heterocycles. The van der Waals surface area contributed by atoms with Gasteiger partial charge in [0.25, 0.3) is 5.91 Å². The van der Waals surface area contributed by atoms with Crippen LogP contribution in [0.25, 0.3) is 0 Å².